The van der Waals surface area contributed by atoms with Gasteiger partial charge < -0.3 is 4.90 Å². The Morgan fingerprint density at radius 3 is 2.47 bits per heavy atom. The highest BCUT2D eigenvalue weighted by Crippen LogP contribution is 2.29. The Balaban J connectivity index is 1.91. The molecule has 1 aliphatic heterocycles. The second kappa shape index (κ2) is 6.93. The first kappa shape index (κ1) is 14.4. The topological polar surface area (TPSA) is 20.3 Å². The number of likely N-dealkylation sites (tertiary alicyclic amines) is 1. The van der Waals surface area contributed by atoms with Gasteiger partial charge in [0.1, 0.15) is 0 Å². The van der Waals surface area contributed by atoms with Gasteiger partial charge in [-0.05, 0) is 24.7 Å². The summed E-state index contributed by atoms with van der Waals surface area (Å²) in [5.41, 5.74) is 0. The van der Waals surface area contributed by atoms with Crippen molar-refractivity contribution in [1.29, 1.82) is 0 Å². The molecule has 3 unspecified atom stereocenters. The molecule has 0 bridgehead atoms. The van der Waals surface area contributed by atoms with Crippen molar-refractivity contribution in [2.75, 3.05) is 13.1 Å². The van der Waals surface area contributed by atoms with Gasteiger partial charge in [0.05, 0.1) is 0 Å². The lowest BCUT2D eigenvalue weighted by Gasteiger charge is -2.28. The number of nitrogens with zero attached hydrogens (tertiary/aromatic N) is 1. The highest BCUT2D eigenvalue weighted by atomic mass is 16.2. The summed E-state index contributed by atoms with van der Waals surface area (Å²) >= 11 is 0. The zero-order valence-electron chi connectivity index (χ0n) is 12.3. The molecule has 0 spiro atoms. The summed E-state index contributed by atoms with van der Waals surface area (Å²) in [7, 11) is 0. The molecular formula is C17H27NO. The third-order valence-corrected chi connectivity index (χ3v) is 4.42. The second-order valence-electron chi connectivity index (χ2n) is 6.04. The minimum Gasteiger partial charge on any atom is -0.342 e. The first-order chi connectivity index (χ1) is 9.24. The van der Waals surface area contributed by atoms with Crippen LogP contribution in [-0.4, -0.2) is 23.9 Å². The highest BCUT2D eigenvalue weighted by molar-refractivity contribution is 5.78. The third-order valence-electron chi connectivity index (χ3n) is 4.42. The number of hydrogen-bond acceptors (Lipinski definition) is 1. The Hall–Kier alpha value is -1.05. The minimum atomic E-state index is 0.372. The van der Waals surface area contributed by atoms with E-state index in [1.807, 2.05) is 0 Å². The molecule has 19 heavy (non-hydrogen) atoms. The van der Waals surface area contributed by atoms with Crippen LogP contribution >= 0.6 is 0 Å². The molecule has 2 aliphatic rings. The highest BCUT2D eigenvalue weighted by Gasteiger charge is 2.31. The fourth-order valence-corrected chi connectivity index (χ4v) is 3.43. The van der Waals surface area contributed by atoms with E-state index in [4.69, 9.17) is 0 Å². The predicted molar refractivity (Wildman–Crippen MR) is 79.8 cm³/mol. The molecule has 1 saturated heterocycles. The maximum Gasteiger partial charge on any atom is 0.222 e. The van der Waals surface area contributed by atoms with Gasteiger partial charge in [-0.3, -0.25) is 4.79 Å². The molecule has 1 heterocycles. The van der Waals surface area contributed by atoms with Crippen molar-refractivity contribution in [2.45, 2.75) is 46.0 Å². The van der Waals surface area contributed by atoms with E-state index >= 15 is 0 Å². The van der Waals surface area contributed by atoms with Crippen LogP contribution < -0.4 is 0 Å². The average Bonchev–Trinajstić information content (AvgIpc) is 2.73. The molecule has 2 heteroatoms. The predicted octanol–water partition coefficient (Wildman–Crippen LogP) is 3.79. The van der Waals surface area contributed by atoms with Crippen LogP contribution in [0.5, 0.6) is 0 Å². The summed E-state index contributed by atoms with van der Waals surface area (Å²) in [5, 5.41) is 0. The Kier molecular flexibility index (Phi) is 5.24. The van der Waals surface area contributed by atoms with E-state index in [0.717, 1.165) is 19.5 Å². The molecule has 1 amide bonds. The van der Waals surface area contributed by atoms with Crippen LogP contribution in [0.4, 0.5) is 0 Å². The van der Waals surface area contributed by atoms with E-state index in [1.54, 1.807) is 0 Å². The van der Waals surface area contributed by atoms with Gasteiger partial charge in [-0.2, -0.15) is 0 Å². The largest absolute Gasteiger partial charge is 0.342 e. The smallest absolute Gasteiger partial charge is 0.222 e. The van der Waals surface area contributed by atoms with Gasteiger partial charge in [0, 0.05) is 25.4 Å². The van der Waals surface area contributed by atoms with E-state index in [-0.39, 0.29) is 0 Å². The van der Waals surface area contributed by atoms with Gasteiger partial charge in [-0.25, -0.2) is 0 Å². The molecule has 0 aromatic carbocycles. The summed E-state index contributed by atoms with van der Waals surface area (Å²) in [6.45, 7) is 6.35. The van der Waals surface area contributed by atoms with Crippen LogP contribution in [0.25, 0.3) is 0 Å². The first-order valence-corrected chi connectivity index (χ1v) is 7.87. The molecule has 1 aliphatic carbocycles. The first-order valence-electron chi connectivity index (χ1n) is 7.87. The molecule has 106 valence electrons. The summed E-state index contributed by atoms with van der Waals surface area (Å²) < 4.78 is 0. The van der Waals surface area contributed by atoms with Gasteiger partial charge in [0.2, 0.25) is 5.91 Å². The Labute approximate surface area is 117 Å². The molecule has 0 radical (unpaired) electrons. The Morgan fingerprint density at radius 1 is 1.11 bits per heavy atom. The van der Waals surface area contributed by atoms with Gasteiger partial charge in [-0.15, -0.1) is 0 Å². The summed E-state index contributed by atoms with van der Waals surface area (Å²) in [4.78, 5) is 14.2. The maximum atomic E-state index is 12.1. The molecule has 2 nitrogen and oxygen atoms in total. The van der Waals surface area contributed by atoms with Crippen LogP contribution in [0.3, 0.4) is 0 Å². The Morgan fingerprint density at radius 2 is 1.79 bits per heavy atom. The molecule has 0 N–H and O–H groups in total. The maximum absolute atomic E-state index is 12.1. The number of carbonyl (C=O) groups is 1. The summed E-state index contributed by atoms with van der Waals surface area (Å²) in [6, 6.07) is 0. The normalized spacial score (nSPS) is 30.3. The molecule has 0 aromatic heterocycles. The molecule has 2 rings (SSSR count). The average molecular weight is 261 g/mol. The van der Waals surface area contributed by atoms with Crippen molar-refractivity contribution >= 4 is 5.91 Å². The molecule has 0 saturated carbocycles. The van der Waals surface area contributed by atoms with Crippen molar-refractivity contribution in [3.63, 3.8) is 0 Å². The summed E-state index contributed by atoms with van der Waals surface area (Å²) in [6.07, 6.45) is 14.5. The van der Waals surface area contributed by atoms with Gasteiger partial charge in [0.15, 0.2) is 0 Å². The van der Waals surface area contributed by atoms with Crippen LogP contribution in [-0.2, 0) is 4.79 Å². The van der Waals surface area contributed by atoms with E-state index in [1.165, 1.54) is 25.7 Å². The standard InChI is InChI=1S/C17H27NO/c1-3-7-14-11-17(19)18(12-14)13-16-10-6-5-9-15(16)8-4-2/h5-6,9-10,14-16H,3-4,7-8,11-13H2,1-2H3. The number of rotatable bonds is 6. The van der Waals surface area contributed by atoms with Crippen molar-refractivity contribution in [3.8, 4) is 0 Å². The van der Waals surface area contributed by atoms with E-state index < -0.39 is 0 Å². The monoisotopic (exact) mass is 261 g/mol. The molecule has 3 atom stereocenters. The second-order valence-corrected chi connectivity index (χ2v) is 6.04. The van der Waals surface area contributed by atoms with E-state index in [2.05, 4.69) is 43.1 Å². The Bertz CT molecular complexity index is 358. The van der Waals surface area contributed by atoms with Crippen molar-refractivity contribution in [2.24, 2.45) is 17.8 Å². The quantitative estimate of drug-likeness (QED) is 0.712. The fraction of sp³-hybridized carbons (Fsp3) is 0.706. The van der Waals surface area contributed by atoms with Crippen molar-refractivity contribution < 1.29 is 4.79 Å². The van der Waals surface area contributed by atoms with Crippen molar-refractivity contribution in [1.82, 2.24) is 4.90 Å². The van der Waals surface area contributed by atoms with Gasteiger partial charge in [-0.1, -0.05) is 51.0 Å². The summed E-state index contributed by atoms with van der Waals surface area (Å²) in [5.74, 6) is 2.11. The SMILES string of the molecule is CCCC1CC(=O)N(CC2C=CC=CC2CCC)C1. The van der Waals surface area contributed by atoms with Crippen LogP contribution in [0, 0.1) is 17.8 Å². The van der Waals surface area contributed by atoms with Crippen LogP contribution in [0.15, 0.2) is 24.3 Å². The van der Waals surface area contributed by atoms with Crippen LogP contribution in [0.2, 0.25) is 0 Å². The lowest BCUT2D eigenvalue weighted by Crippen LogP contribution is -2.33. The van der Waals surface area contributed by atoms with Crippen LogP contribution in [0.1, 0.15) is 46.0 Å². The lowest BCUT2D eigenvalue weighted by atomic mass is 9.85. The number of carbonyl (C=O) groups excluding carboxylic acids is 1. The van der Waals surface area contributed by atoms with Gasteiger partial charge in [0.25, 0.3) is 0 Å². The fourth-order valence-electron chi connectivity index (χ4n) is 3.43. The third kappa shape index (κ3) is 3.71. The van der Waals surface area contributed by atoms with Crippen molar-refractivity contribution in [3.05, 3.63) is 24.3 Å². The zero-order chi connectivity index (χ0) is 13.7. The molecular weight excluding hydrogens is 234 g/mol. The number of hydrogen-bond donors (Lipinski definition) is 0. The lowest BCUT2D eigenvalue weighted by molar-refractivity contribution is -0.128. The minimum absolute atomic E-state index is 0.372. The zero-order valence-corrected chi connectivity index (χ0v) is 12.3. The van der Waals surface area contributed by atoms with E-state index in [0.29, 0.717) is 23.7 Å². The van der Waals surface area contributed by atoms with E-state index in [9.17, 15) is 4.79 Å². The number of amides is 1. The molecule has 0 aromatic rings. The van der Waals surface area contributed by atoms with Gasteiger partial charge >= 0.3 is 0 Å². The molecule has 1 fully saturated rings. The number of allylic oxidation sites excluding steroid dienone is 3.